The third kappa shape index (κ3) is 5.76. The number of nitrogens with one attached hydrogen (secondary N) is 1. The van der Waals surface area contributed by atoms with Crippen molar-refractivity contribution in [1.29, 1.82) is 0 Å². The number of anilines is 2. The van der Waals surface area contributed by atoms with Crippen LogP contribution in [0.4, 0.5) is 11.6 Å². The quantitative estimate of drug-likeness (QED) is 0.498. The van der Waals surface area contributed by atoms with Gasteiger partial charge in [0.1, 0.15) is 11.5 Å². The number of rotatable bonds is 8. The van der Waals surface area contributed by atoms with Crippen LogP contribution in [0, 0.1) is 11.8 Å². The largest absolute Gasteiger partial charge is 0.478 e. The molecule has 10 nitrogen and oxygen atoms in total. The zero-order chi connectivity index (χ0) is 24.9. The van der Waals surface area contributed by atoms with Gasteiger partial charge in [0.25, 0.3) is 0 Å². The molecule has 184 valence electrons. The molecule has 1 fully saturated rings. The summed E-state index contributed by atoms with van der Waals surface area (Å²) in [6, 6.07) is 8.22. The van der Waals surface area contributed by atoms with Gasteiger partial charge in [-0.05, 0) is 61.9 Å². The topological polar surface area (TPSA) is 128 Å². The Bertz CT molecular complexity index is 1310. The lowest BCUT2D eigenvalue weighted by Crippen LogP contribution is -2.43. The summed E-state index contributed by atoms with van der Waals surface area (Å²) in [5, 5.41) is 12.2. The monoisotopic (exact) mass is 479 g/mol. The van der Waals surface area contributed by atoms with Crippen molar-refractivity contribution < 1.29 is 14.6 Å². The number of hydrogen-bond donors (Lipinski definition) is 2. The van der Waals surface area contributed by atoms with E-state index in [0.717, 1.165) is 30.3 Å². The van der Waals surface area contributed by atoms with Crippen molar-refractivity contribution in [2.75, 3.05) is 5.32 Å². The van der Waals surface area contributed by atoms with Gasteiger partial charge in [-0.2, -0.15) is 4.98 Å². The zero-order valence-electron chi connectivity index (χ0n) is 19.8. The Morgan fingerprint density at radius 3 is 2.46 bits per heavy atom. The number of hydrogen-bond acceptors (Lipinski definition) is 7. The van der Waals surface area contributed by atoms with E-state index in [1.165, 1.54) is 18.5 Å². The van der Waals surface area contributed by atoms with E-state index in [-0.39, 0.29) is 23.7 Å². The minimum absolute atomic E-state index is 0.0269. The highest BCUT2D eigenvalue weighted by molar-refractivity contribution is 5.87. The summed E-state index contributed by atoms with van der Waals surface area (Å²) < 4.78 is 8.41. The van der Waals surface area contributed by atoms with Crippen molar-refractivity contribution in [3.05, 3.63) is 69.3 Å². The number of pyridine rings is 1. The second kappa shape index (κ2) is 10.5. The molecule has 3 aromatic rings. The minimum Gasteiger partial charge on any atom is -0.478 e. The molecule has 1 aliphatic carbocycles. The van der Waals surface area contributed by atoms with Gasteiger partial charge in [-0.25, -0.2) is 19.0 Å². The second-order valence-electron chi connectivity index (χ2n) is 8.95. The molecule has 0 radical (unpaired) electrons. The number of ether oxygens (including phenoxy) is 1. The molecular formula is C25H29N5O5. The van der Waals surface area contributed by atoms with Crippen LogP contribution in [0.15, 0.2) is 52.3 Å². The molecule has 0 spiro atoms. The number of carbonyl (C=O) groups is 1. The number of aromatic carboxylic acids is 1. The van der Waals surface area contributed by atoms with Gasteiger partial charge in [0.15, 0.2) is 0 Å². The number of aromatic nitrogens is 4. The SMILES string of the molecule is CCn1c(=O)nc(Nc2ccc(Oc3cncc(C(=O)O)c3)cc2)n(CC2CCC(C)CC2)c1=O. The van der Waals surface area contributed by atoms with Crippen LogP contribution in [0.3, 0.4) is 0 Å². The Kier molecular flexibility index (Phi) is 7.28. The van der Waals surface area contributed by atoms with E-state index in [1.807, 2.05) is 0 Å². The maximum absolute atomic E-state index is 13.1. The summed E-state index contributed by atoms with van der Waals surface area (Å²) in [7, 11) is 0. The maximum Gasteiger partial charge on any atom is 0.354 e. The van der Waals surface area contributed by atoms with Crippen molar-refractivity contribution in [1.82, 2.24) is 19.1 Å². The Morgan fingerprint density at radius 1 is 1.09 bits per heavy atom. The van der Waals surface area contributed by atoms with Gasteiger partial charge < -0.3 is 15.2 Å². The van der Waals surface area contributed by atoms with Crippen molar-refractivity contribution in [3.63, 3.8) is 0 Å². The van der Waals surface area contributed by atoms with Crippen LogP contribution in [0.2, 0.25) is 0 Å². The average Bonchev–Trinajstić information content (AvgIpc) is 2.84. The summed E-state index contributed by atoms with van der Waals surface area (Å²) >= 11 is 0. The molecule has 4 rings (SSSR count). The summed E-state index contributed by atoms with van der Waals surface area (Å²) in [5.74, 6) is 0.963. The summed E-state index contributed by atoms with van der Waals surface area (Å²) in [5.41, 5.74) is -0.293. The first-order valence-electron chi connectivity index (χ1n) is 11.8. The molecule has 0 bridgehead atoms. The third-order valence-corrected chi connectivity index (χ3v) is 6.35. The van der Waals surface area contributed by atoms with Gasteiger partial charge in [0.05, 0.1) is 11.8 Å². The van der Waals surface area contributed by atoms with Crippen molar-refractivity contribution in [3.8, 4) is 11.5 Å². The van der Waals surface area contributed by atoms with Gasteiger partial charge in [0.2, 0.25) is 5.95 Å². The van der Waals surface area contributed by atoms with E-state index in [4.69, 9.17) is 9.84 Å². The summed E-state index contributed by atoms with van der Waals surface area (Å²) in [6.45, 7) is 4.78. The number of carboxylic acid groups (broad SMARTS) is 1. The standard InChI is InChI=1S/C25H29N5O5/c1-3-29-24(33)28-23(30(25(29)34)15-17-6-4-16(2)5-7-17)27-19-8-10-20(11-9-19)35-21-12-18(22(31)32)13-26-14-21/h8-14,16-17H,3-7,15H2,1-2H3,(H,31,32)(H,27,28,33). The predicted octanol–water partition coefficient (Wildman–Crippen LogP) is 3.88. The molecule has 2 heterocycles. The fraction of sp³-hybridized carbons (Fsp3) is 0.400. The Hall–Kier alpha value is -3.95. The number of nitrogens with zero attached hydrogens (tertiary/aromatic N) is 4. The fourth-order valence-corrected chi connectivity index (χ4v) is 4.29. The molecule has 0 unspecified atom stereocenters. The second-order valence-corrected chi connectivity index (χ2v) is 8.95. The molecule has 1 aromatic carbocycles. The highest BCUT2D eigenvalue weighted by Crippen LogP contribution is 2.30. The van der Waals surface area contributed by atoms with E-state index < -0.39 is 11.7 Å². The lowest BCUT2D eigenvalue weighted by Gasteiger charge is -2.27. The van der Waals surface area contributed by atoms with Crippen LogP contribution in [-0.4, -0.2) is 30.2 Å². The first kappa shape index (κ1) is 24.2. The molecule has 1 saturated carbocycles. The van der Waals surface area contributed by atoms with Crippen molar-refractivity contribution >= 4 is 17.6 Å². The summed E-state index contributed by atoms with van der Waals surface area (Å²) in [6.07, 6.45) is 7.03. The van der Waals surface area contributed by atoms with E-state index in [1.54, 1.807) is 35.8 Å². The van der Waals surface area contributed by atoms with E-state index in [0.29, 0.717) is 35.6 Å². The Labute approximate surface area is 202 Å². The molecule has 0 saturated heterocycles. The van der Waals surface area contributed by atoms with E-state index >= 15 is 0 Å². The first-order valence-corrected chi connectivity index (χ1v) is 11.8. The molecule has 2 N–H and O–H groups in total. The summed E-state index contributed by atoms with van der Waals surface area (Å²) in [4.78, 5) is 44.7. The van der Waals surface area contributed by atoms with Crippen LogP contribution in [0.25, 0.3) is 0 Å². The van der Waals surface area contributed by atoms with Gasteiger partial charge >= 0.3 is 17.3 Å². The van der Waals surface area contributed by atoms with E-state index in [2.05, 4.69) is 22.2 Å². The smallest absolute Gasteiger partial charge is 0.354 e. The van der Waals surface area contributed by atoms with Crippen LogP contribution < -0.4 is 21.4 Å². The maximum atomic E-state index is 13.1. The molecule has 10 heteroatoms. The van der Waals surface area contributed by atoms with Gasteiger partial charge in [-0.1, -0.05) is 19.8 Å². The van der Waals surface area contributed by atoms with Crippen LogP contribution in [-0.2, 0) is 13.1 Å². The third-order valence-electron chi connectivity index (χ3n) is 6.35. The molecule has 35 heavy (non-hydrogen) atoms. The lowest BCUT2D eigenvalue weighted by atomic mass is 9.83. The van der Waals surface area contributed by atoms with Gasteiger partial charge in [-0.3, -0.25) is 9.55 Å². The highest BCUT2D eigenvalue weighted by Gasteiger charge is 2.22. The molecule has 2 aromatic heterocycles. The van der Waals surface area contributed by atoms with Crippen LogP contribution in [0.5, 0.6) is 11.5 Å². The van der Waals surface area contributed by atoms with E-state index in [9.17, 15) is 14.4 Å². The zero-order valence-corrected chi connectivity index (χ0v) is 19.8. The minimum atomic E-state index is -1.09. The Morgan fingerprint density at radius 2 is 1.80 bits per heavy atom. The molecule has 0 amide bonds. The fourth-order valence-electron chi connectivity index (χ4n) is 4.29. The van der Waals surface area contributed by atoms with Crippen molar-refractivity contribution in [2.45, 2.75) is 52.6 Å². The van der Waals surface area contributed by atoms with Gasteiger partial charge in [0, 0.05) is 25.0 Å². The van der Waals surface area contributed by atoms with Crippen LogP contribution in [0.1, 0.15) is 49.9 Å². The normalized spacial score (nSPS) is 17.7. The molecular weight excluding hydrogens is 450 g/mol. The highest BCUT2D eigenvalue weighted by atomic mass is 16.5. The first-order chi connectivity index (χ1) is 16.8. The molecule has 0 aliphatic heterocycles. The van der Waals surface area contributed by atoms with Crippen LogP contribution >= 0.6 is 0 Å². The predicted molar refractivity (Wildman–Crippen MR) is 131 cm³/mol. The average molecular weight is 480 g/mol. The van der Waals surface area contributed by atoms with Gasteiger partial charge in [-0.15, -0.1) is 0 Å². The Balaban J connectivity index is 1.55. The number of carboxylic acids is 1. The molecule has 1 aliphatic rings. The number of benzene rings is 1. The molecule has 0 atom stereocenters. The van der Waals surface area contributed by atoms with Crippen molar-refractivity contribution in [2.24, 2.45) is 11.8 Å². The lowest BCUT2D eigenvalue weighted by molar-refractivity contribution is 0.0696.